The maximum Gasteiger partial charge on any atom is 0.340 e. The summed E-state index contributed by atoms with van der Waals surface area (Å²) in [7, 11) is 0. The number of imide groups is 1. The van der Waals surface area contributed by atoms with Crippen LogP contribution in [0.3, 0.4) is 0 Å². The Balaban J connectivity index is 1.79. The van der Waals surface area contributed by atoms with Gasteiger partial charge in [-0.15, -0.1) is 0 Å². The maximum atomic E-state index is 12.8. The van der Waals surface area contributed by atoms with E-state index in [0.29, 0.717) is 0 Å². The molecule has 0 atom stereocenters. The van der Waals surface area contributed by atoms with Gasteiger partial charge in [0.15, 0.2) is 6.61 Å². The number of amides is 3. The smallest absolute Gasteiger partial charge is 0.340 e. The predicted molar refractivity (Wildman–Crippen MR) is 70.8 cm³/mol. The molecule has 8 heteroatoms. The van der Waals surface area contributed by atoms with E-state index in [2.05, 4.69) is 5.32 Å². The minimum absolute atomic E-state index is 0.0494. The molecule has 1 aromatic carbocycles. The molecule has 0 spiro atoms. The Morgan fingerprint density at radius 3 is 2.67 bits per heavy atom. The van der Waals surface area contributed by atoms with Crippen LogP contribution in [0.5, 0.6) is 0 Å². The van der Waals surface area contributed by atoms with Crippen LogP contribution in [0.15, 0.2) is 18.2 Å². The first-order valence-electron chi connectivity index (χ1n) is 6.28. The first-order chi connectivity index (χ1) is 9.95. The molecule has 0 heterocycles. The fourth-order valence-electron chi connectivity index (χ4n) is 1.54. The molecule has 21 heavy (non-hydrogen) atoms. The molecule has 1 aromatic rings. The second-order valence-corrected chi connectivity index (χ2v) is 4.60. The number of nitrogens with two attached hydrogens (primary N) is 1. The number of nitrogen functional groups attached to an aromatic ring is 1. The summed E-state index contributed by atoms with van der Waals surface area (Å²) in [5, 5.41) is 4.57. The summed E-state index contributed by atoms with van der Waals surface area (Å²) in [6.45, 7) is -0.631. The van der Waals surface area contributed by atoms with Crippen molar-refractivity contribution in [2.45, 2.75) is 18.9 Å². The van der Waals surface area contributed by atoms with E-state index in [0.717, 1.165) is 31.0 Å². The second kappa shape index (κ2) is 6.21. The van der Waals surface area contributed by atoms with E-state index in [1.54, 1.807) is 0 Å². The van der Waals surface area contributed by atoms with Crippen molar-refractivity contribution in [2.24, 2.45) is 0 Å². The lowest BCUT2D eigenvalue weighted by molar-refractivity contribution is -0.123. The van der Waals surface area contributed by atoms with Crippen LogP contribution in [0, 0.1) is 5.82 Å². The third kappa shape index (κ3) is 4.44. The predicted octanol–water partition coefficient (Wildman–Crippen LogP) is 0.553. The molecule has 0 radical (unpaired) electrons. The molecule has 7 nitrogen and oxygen atoms in total. The van der Waals surface area contributed by atoms with Crippen LogP contribution in [0.1, 0.15) is 23.2 Å². The lowest BCUT2D eigenvalue weighted by Gasteiger charge is -2.08. The van der Waals surface area contributed by atoms with Gasteiger partial charge in [0.25, 0.3) is 5.91 Å². The number of carbonyl (C=O) groups is 3. The fraction of sp³-hybridized carbons (Fsp3) is 0.308. The third-order valence-corrected chi connectivity index (χ3v) is 2.73. The quantitative estimate of drug-likeness (QED) is 0.555. The van der Waals surface area contributed by atoms with E-state index in [1.807, 2.05) is 5.32 Å². The summed E-state index contributed by atoms with van der Waals surface area (Å²) in [6.07, 6.45) is 1.78. The summed E-state index contributed by atoms with van der Waals surface area (Å²) >= 11 is 0. The zero-order valence-electron chi connectivity index (χ0n) is 11.0. The Morgan fingerprint density at radius 1 is 1.33 bits per heavy atom. The highest BCUT2D eigenvalue weighted by molar-refractivity contribution is 5.98. The molecule has 1 saturated carbocycles. The summed E-state index contributed by atoms with van der Waals surface area (Å²) < 4.78 is 17.5. The van der Waals surface area contributed by atoms with E-state index >= 15 is 0 Å². The van der Waals surface area contributed by atoms with E-state index < -0.39 is 30.3 Å². The average Bonchev–Trinajstić information content (AvgIpc) is 3.19. The first kappa shape index (κ1) is 14.8. The van der Waals surface area contributed by atoms with Crippen LogP contribution in [-0.2, 0) is 9.53 Å². The van der Waals surface area contributed by atoms with Crippen molar-refractivity contribution in [3.8, 4) is 0 Å². The number of esters is 1. The largest absolute Gasteiger partial charge is 0.452 e. The number of nitrogens with one attached hydrogen (secondary N) is 2. The molecule has 1 aliphatic rings. The van der Waals surface area contributed by atoms with Crippen molar-refractivity contribution in [3.63, 3.8) is 0 Å². The Bertz CT molecular complexity index is 587. The van der Waals surface area contributed by atoms with E-state index in [4.69, 9.17) is 10.5 Å². The van der Waals surface area contributed by atoms with Gasteiger partial charge >= 0.3 is 12.0 Å². The van der Waals surface area contributed by atoms with Gasteiger partial charge in [-0.1, -0.05) is 0 Å². The molecule has 1 fully saturated rings. The van der Waals surface area contributed by atoms with Gasteiger partial charge in [-0.2, -0.15) is 0 Å². The molecule has 0 saturated heterocycles. The van der Waals surface area contributed by atoms with Gasteiger partial charge in [0.1, 0.15) is 5.82 Å². The molecule has 0 bridgehead atoms. The normalized spacial score (nSPS) is 13.4. The molecular weight excluding hydrogens is 281 g/mol. The summed E-state index contributed by atoms with van der Waals surface area (Å²) in [6, 6.07) is 2.67. The van der Waals surface area contributed by atoms with E-state index in [1.165, 1.54) is 0 Å². The van der Waals surface area contributed by atoms with Crippen LogP contribution in [0.4, 0.5) is 14.9 Å². The van der Waals surface area contributed by atoms with Crippen LogP contribution >= 0.6 is 0 Å². The van der Waals surface area contributed by atoms with Crippen molar-refractivity contribution in [2.75, 3.05) is 12.3 Å². The average molecular weight is 295 g/mol. The number of carbonyl (C=O) groups excluding carboxylic acids is 3. The highest BCUT2D eigenvalue weighted by atomic mass is 19.1. The maximum absolute atomic E-state index is 12.8. The number of rotatable bonds is 4. The van der Waals surface area contributed by atoms with Gasteiger partial charge in [0, 0.05) is 11.7 Å². The molecule has 112 valence electrons. The standard InChI is InChI=1S/C13H14FN3O4/c14-7-1-4-9(10(15)5-7)12(19)21-6-11(18)17-13(20)16-8-2-3-8/h1,4-5,8H,2-3,6,15H2,(H2,16,17,18,20). The number of hydrogen-bond donors (Lipinski definition) is 3. The minimum atomic E-state index is -0.870. The molecule has 1 aliphatic carbocycles. The number of anilines is 1. The van der Waals surface area contributed by atoms with Gasteiger partial charge in [0.05, 0.1) is 5.56 Å². The van der Waals surface area contributed by atoms with Crippen LogP contribution in [0.25, 0.3) is 0 Å². The summed E-state index contributed by atoms with van der Waals surface area (Å²) in [4.78, 5) is 34.3. The van der Waals surface area contributed by atoms with Crippen LogP contribution in [-0.4, -0.2) is 30.6 Å². The minimum Gasteiger partial charge on any atom is -0.452 e. The van der Waals surface area contributed by atoms with Gasteiger partial charge < -0.3 is 15.8 Å². The number of urea groups is 1. The third-order valence-electron chi connectivity index (χ3n) is 2.73. The van der Waals surface area contributed by atoms with Crippen LogP contribution in [0.2, 0.25) is 0 Å². The number of hydrogen-bond acceptors (Lipinski definition) is 5. The van der Waals surface area contributed by atoms with Crippen molar-refractivity contribution in [1.29, 1.82) is 0 Å². The molecule has 2 rings (SSSR count). The molecular formula is C13H14FN3O4. The van der Waals surface area contributed by atoms with Gasteiger partial charge in [-0.25, -0.2) is 14.0 Å². The fourth-order valence-corrected chi connectivity index (χ4v) is 1.54. The number of halogens is 1. The Morgan fingerprint density at radius 2 is 2.05 bits per heavy atom. The highest BCUT2D eigenvalue weighted by Gasteiger charge is 2.24. The Hall–Kier alpha value is -2.64. The zero-order valence-corrected chi connectivity index (χ0v) is 11.0. The van der Waals surface area contributed by atoms with E-state index in [-0.39, 0.29) is 17.3 Å². The lowest BCUT2D eigenvalue weighted by Crippen LogP contribution is -2.42. The molecule has 0 aromatic heterocycles. The molecule has 0 unspecified atom stereocenters. The molecule has 3 amide bonds. The van der Waals surface area contributed by atoms with Gasteiger partial charge in [0.2, 0.25) is 0 Å². The van der Waals surface area contributed by atoms with E-state index in [9.17, 15) is 18.8 Å². The van der Waals surface area contributed by atoms with Crippen molar-refractivity contribution >= 4 is 23.6 Å². The Kier molecular flexibility index (Phi) is 4.36. The summed E-state index contributed by atoms with van der Waals surface area (Å²) in [5.74, 6) is -2.22. The van der Waals surface area contributed by atoms with Crippen molar-refractivity contribution < 1.29 is 23.5 Å². The molecule has 0 aliphatic heterocycles. The SMILES string of the molecule is Nc1cc(F)ccc1C(=O)OCC(=O)NC(=O)NC1CC1. The topological polar surface area (TPSA) is 111 Å². The van der Waals surface area contributed by atoms with Crippen molar-refractivity contribution in [1.82, 2.24) is 10.6 Å². The van der Waals surface area contributed by atoms with Crippen LogP contribution < -0.4 is 16.4 Å². The van der Waals surface area contributed by atoms with Gasteiger partial charge in [-0.05, 0) is 31.0 Å². The second-order valence-electron chi connectivity index (χ2n) is 4.60. The van der Waals surface area contributed by atoms with Gasteiger partial charge in [-0.3, -0.25) is 10.1 Å². The first-order valence-corrected chi connectivity index (χ1v) is 6.28. The van der Waals surface area contributed by atoms with Crippen molar-refractivity contribution in [3.05, 3.63) is 29.6 Å². The monoisotopic (exact) mass is 295 g/mol. The zero-order chi connectivity index (χ0) is 15.4. The summed E-state index contributed by atoms with van der Waals surface area (Å²) in [5.41, 5.74) is 5.33. The molecule has 4 N–H and O–H groups in total. The number of ether oxygens (including phenoxy) is 1. The highest BCUT2D eigenvalue weighted by Crippen LogP contribution is 2.18. The Labute approximate surface area is 119 Å². The lowest BCUT2D eigenvalue weighted by atomic mass is 10.2. The number of benzene rings is 1.